The Bertz CT molecular complexity index is 112. The van der Waals surface area contributed by atoms with Crippen molar-refractivity contribution in [2.45, 2.75) is 6.18 Å². The molecule has 0 fully saturated rings. The molecule has 1 N–H and O–H groups in total. The first-order valence-electron chi connectivity index (χ1n) is 1.88. The molecule has 0 bridgehead atoms. The summed E-state index contributed by atoms with van der Waals surface area (Å²) in [5.41, 5.74) is 0. The molecule has 0 unspecified atom stereocenters. The molecule has 0 saturated carbocycles. The van der Waals surface area contributed by atoms with E-state index in [1.807, 2.05) is 0 Å². The fourth-order valence-electron chi connectivity index (χ4n) is 0.151. The molecule has 0 aromatic rings. The lowest BCUT2D eigenvalue weighted by Crippen LogP contribution is -2.32. The van der Waals surface area contributed by atoms with E-state index in [0.29, 0.717) is 11.9 Å². The van der Waals surface area contributed by atoms with Gasteiger partial charge in [-0.05, 0) is 0 Å². The molecule has 0 radical (unpaired) electrons. The van der Waals surface area contributed by atoms with Crippen molar-refractivity contribution in [1.29, 1.82) is 0 Å². The Kier molecular flexibility index (Phi) is 2.83. The van der Waals surface area contributed by atoms with Crippen molar-refractivity contribution in [1.82, 2.24) is 4.72 Å². The third kappa shape index (κ3) is 3.23. The standard InChI is InChI=1S/C3H4F3NOS/c1-9-7-2(8)3(4,5)6/h1H3,(H,7,8). The fourth-order valence-corrected chi connectivity index (χ4v) is 0.452. The van der Waals surface area contributed by atoms with Gasteiger partial charge in [-0.3, -0.25) is 9.52 Å². The third-order valence-electron chi connectivity index (χ3n) is 0.452. The second-order valence-corrected chi connectivity index (χ2v) is 1.75. The lowest BCUT2D eigenvalue weighted by atomic mass is 10.6. The van der Waals surface area contributed by atoms with E-state index in [1.165, 1.54) is 11.0 Å². The third-order valence-corrected chi connectivity index (χ3v) is 0.842. The van der Waals surface area contributed by atoms with Crippen LogP contribution in [0.2, 0.25) is 0 Å². The van der Waals surface area contributed by atoms with E-state index in [1.54, 1.807) is 0 Å². The Labute approximate surface area is 53.9 Å². The molecular formula is C3H4F3NOS. The second-order valence-electron chi connectivity index (χ2n) is 1.13. The number of nitrogens with one attached hydrogen (secondary N) is 1. The van der Waals surface area contributed by atoms with Gasteiger partial charge < -0.3 is 0 Å². The van der Waals surface area contributed by atoms with E-state index in [-0.39, 0.29) is 0 Å². The van der Waals surface area contributed by atoms with Crippen LogP contribution >= 0.6 is 11.9 Å². The van der Waals surface area contributed by atoms with Crippen molar-refractivity contribution in [3.63, 3.8) is 0 Å². The number of carbonyl (C=O) groups is 1. The molecular weight excluding hydrogens is 155 g/mol. The van der Waals surface area contributed by atoms with E-state index >= 15 is 0 Å². The van der Waals surface area contributed by atoms with E-state index in [0.717, 1.165) is 0 Å². The minimum Gasteiger partial charge on any atom is -0.292 e. The lowest BCUT2D eigenvalue weighted by Gasteiger charge is -2.02. The number of carbonyl (C=O) groups excluding carboxylic acids is 1. The van der Waals surface area contributed by atoms with Gasteiger partial charge in [0.15, 0.2) is 0 Å². The van der Waals surface area contributed by atoms with Gasteiger partial charge in [-0.1, -0.05) is 11.9 Å². The summed E-state index contributed by atoms with van der Waals surface area (Å²) in [6.45, 7) is 0. The van der Waals surface area contributed by atoms with Crippen molar-refractivity contribution in [2.24, 2.45) is 0 Å². The molecule has 0 aliphatic carbocycles. The van der Waals surface area contributed by atoms with Crippen molar-refractivity contribution < 1.29 is 18.0 Å². The van der Waals surface area contributed by atoms with Crippen molar-refractivity contribution in [3.05, 3.63) is 0 Å². The van der Waals surface area contributed by atoms with Gasteiger partial charge in [-0.25, -0.2) is 0 Å². The summed E-state index contributed by atoms with van der Waals surface area (Å²) < 4.78 is 35.2. The van der Waals surface area contributed by atoms with Gasteiger partial charge >= 0.3 is 12.1 Å². The largest absolute Gasteiger partial charge is 0.472 e. The summed E-state index contributed by atoms with van der Waals surface area (Å²) in [6, 6.07) is 0. The van der Waals surface area contributed by atoms with Crippen molar-refractivity contribution in [3.8, 4) is 0 Å². The van der Waals surface area contributed by atoms with Crippen LogP contribution in [0.4, 0.5) is 13.2 Å². The molecule has 6 heteroatoms. The Morgan fingerprint density at radius 3 is 2.11 bits per heavy atom. The predicted molar refractivity (Wildman–Crippen MR) is 27.7 cm³/mol. The zero-order valence-electron chi connectivity index (χ0n) is 4.45. The Hall–Kier alpha value is -0.390. The van der Waals surface area contributed by atoms with Gasteiger partial charge in [0.25, 0.3) is 0 Å². The first-order valence-corrected chi connectivity index (χ1v) is 3.11. The first kappa shape index (κ1) is 8.61. The maximum atomic E-state index is 11.2. The summed E-state index contributed by atoms with van der Waals surface area (Å²) in [6.07, 6.45) is -3.42. The molecule has 9 heavy (non-hydrogen) atoms. The van der Waals surface area contributed by atoms with E-state index in [4.69, 9.17) is 0 Å². The average molecular weight is 159 g/mol. The van der Waals surface area contributed by atoms with Crippen LogP contribution in [0.3, 0.4) is 0 Å². The lowest BCUT2D eigenvalue weighted by molar-refractivity contribution is -0.171. The highest BCUT2D eigenvalue weighted by Crippen LogP contribution is 2.14. The Morgan fingerprint density at radius 2 is 2.00 bits per heavy atom. The Balaban J connectivity index is 3.74. The summed E-state index contributed by atoms with van der Waals surface area (Å²) in [5.74, 6) is -1.92. The van der Waals surface area contributed by atoms with E-state index in [2.05, 4.69) is 0 Å². The molecule has 0 heterocycles. The molecule has 0 spiro atoms. The zero-order valence-corrected chi connectivity index (χ0v) is 5.27. The minimum absolute atomic E-state index is 0.617. The van der Waals surface area contributed by atoms with E-state index in [9.17, 15) is 18.0 Å². The van der Waals surface area contributed by atoms with Crippen LogP contribution in [0, 0.1) is 0 Å². The summed E-state index contributed by atoms with van der Waals surface area (Å²) in [7, 11) is 0. The molecule has 0 atom stereocenters. The van der Waals surface area contributed by atoms with Gasteiger partial charge in [0, 0.05) is 6.26 Å². The topological polar surface area (TPSA) is 29.1 Å². The van der Waals surface area contributed by atoms with Crippen molar-refractivity contribution >= 4 is 17.9 Å². The molecule has 0 aromatic carbocycles. The molecule has 2 nitrogen and oxygen atoms in total. The Morgan fingerprint density at radius 1 is 1.56 bits per heavy atom. The van der Waals surface area contributed by atoms with Crippen LogP contribution in [-0.4, -0.2) is 18.3 Å². The molecule has 0 aliphatic rings. The van der Waals surface area contributed by atoms with Gasteiger partial charge in [0.2, 0.25) is 0 Å². The predicted octanol–water partition coefficient (Wildman–Crippen LogP) is 0.943. The normalized spacial score (nSPS) is 11.1. The smallest absolute Gasteiger partial charge is 0.292 e. The number of hydrogen-bond donors (Lipinski definition) is 1. The van der Waals surface area contributed by atoms with Gasteiger partial charge in [-0.15, -0.1) is 0 Å². The molecule has 0 rings (SSSR count). The number of hydrogen-bond acceptors (Lipinski definition) is 2. The quantitative estimate of drug-likeness (QED) is 0.577. The van der Waals surface area contributed by atoms with Gasteiger partial charge in [0.05, 0.1) is 0 Å². The van der Waals surface area contributed by atoms with Crippen LogP contribution in [0.5, 0.6) is 0 Å². The SMILES string of the molecule is CSNC(=O)C(F)(F)F. The summed E-state index contributed by atoms with van der Waals surface area (Å²) in [4.78, 5) is 9.81. The van der Waals surface area contributed by atoms with Gasteiger partial charge in [0.1, 0.15) is 0 Å². The second kappa shape index (κ2) is 2.95. The van der Waals surface area contributed by atoms with Crippen LogP contribution in [0.1, 0.15) is 0 Å². The monoisotopic (exact) mass is 159 g/mol. The number of halogens is 3. The maximum Gasteiger partial charge on any atom is 0.472 e. The highest BCUT2D eigenvalue weighted by molar-refractivity contribution is 7.97. The van der Waals surface area contributed by atoms with Crippen LogP contribution < -0.4 is 4.72 Å². The number of amides is 1. The molecule has 0 saturated heterocycles. The highest BCUT2D eigenvalue weighted by Gasteiger charge is 2.38. The summed E-state index contributed by atoms with van der Waals surface area (Å²) >= 11 is 0.617. The van der Waals surface area contributed by atoms with Crippen molar-refractivity contribution in [2.75, 3.05) is 6.26 Å². The van der Waals surface area contributed by atoms with Crippen LogP contribution in [0.25, 0.3) is 0 Å². The van der Waals surface area contributed by atoms with Crippen LogP contribution in [0.15, 0.2) is 0 Å². The fraction of sp³-hybridized carbons (Fsp3) is 0.667. The zero-order chi connectivity index (χ0) is 7.49. The summed E-state index contributed by atoms with van der Waals surface area (Å²) in [5, 5.41) is 0. The molecule has 0 aromatic heterocycles. The maximum absolute atomic E-state index is 11.2. The van der Waals surface area contributed by atoms with E-state index < -0.39 is 12.1 Å². The number of alkyl halides is 3. The molecule has 54 valence electrons. The highest BCUT2D eigenvalue weighted by atomic mass is 32.2. The molecule has 0 aliphatic heterocycles. The average Bonchev–Trinajstić information content (AvgIpc) is 1.64. The van der Waals surface area contributed by atoms with Crippen LogP contribution in [-0.2, 0) is 4.79 Å². The minimum atomic E-state index is -4.76. The first-order chi connectivity index (χ1) is 3.98. The number of rotatable bonds is 1. The van der Waals surface area contributed by atoms with Gasteiger partial charge in [-0.2, -0.15) is 13.2 Å². The molecule has 1 amide bonds.